The summed E-state index contributed by atoms with van der Waals surface area (Å²) in [5.74, 6) is 0.157. The zero-order valence-corrected chi connectivity index (χ0v) is 8.30. The van der Waals surface area contributed by atoms with Crippen LogP contribution >= 0.6 is 0 Å². The van der Waals surface area contributed by atoms with Crippen molar-refractivity contribution >= 4 is 0 Å². The Kier molecular flexibility index (Phi) is 3.43. The van der Waals surface area contributed by atoms with Crippen molar-refractivity contribution in [3.05, 3.63) is 35.1 Å². The first-order valence-electron chi connectivity index (χ1n) is 4.42. The van der Waals surface area contributed by atoms with E-state index in [1.807, 2.05) is 13.8 Å². The monoisotopic (exact) mass is 182 g/mol. The molecule has 0 bridgehead atoms. The average Bonchev–Trinajstić information content (AvgIpc) is 2.08. The number of hydrogen-bond donors (Lipinski definition) is 0. The van der Waals surface area contributed by atoms with Crippen molar-refractivity contribution in [2.24, 2.45) is 0 Å². The van der Waals surface area contributed by atoms with E-state index in [-0.39, 0.29) is 5.82 Å². The highest BCUT2D eigenvalue weighted by Gasteiger charge is 2.07. The third kappa shape index (κ3) is 2.52. The Morgan fingerprint density at radius 1 is 1.38 bits per heavy atom. The van der Waals surface area contributed by atoms with E-state index in [1.54, 1.807) is 19.2 Å². The lowest BCUT2D eigenvalue weighted by atomic mass is 9.97. The first-order valence-corrected chi connectivity index (χ1v) is 4.42. The Morgan fingerprint density at radius 3 is 2.62 bits per heavy atom. The molecular formula is C11H15FO. The van der Waals surface area contributed by atoms with Crippen LogP contribution in [0.15, 0.2) is 18.2 Å². The highest BCUT2D eigenvalue weighted by Crippen LogP contribution is 2.21. The summed E-state index contributed by atoms with van der Waals surface area (Å²) in [6.07, 6.45) is 0. The van der Waals surface area contributed by atoms with Crippen molar-refractivity contribution in [3.8, 4) is 0 Å². The van der Waals surface area contributed by atoms with Gasteiger partial charge in [-0.2, -0.15) is 0 Å². The first kappa shape index (κ1) is 10.2. The molecule has 0 heterocycles. The molecule has 0 aliphatic heterocycles. The summed E-state index contributed by atoms with van der Waals surface area (Å²) in [5.41, 5.74) is 2.10. The van der Waals surface area contributed by atoms with E-state index in [1.165, 1.54) is 6.07 Å². The van der Waals surface area contributed by atoms with Gasteiger partial charge in [0, 0.05) is 7.11 Å². The lowest BCUT2D eigenvalue weighted by molar-refractivity contribution is 0.184. The molecule has 0 fully saturated rings. The van der Waals surface area contributed by atoms with Gasteiger partial charge in [-0.25, -0.2) is 4.39 Å². The first-order chi connectivity index (χ1) is 6.15. The predicted molar refractivity (Wildman–Crippen MR) is 51.2 cm³/mol. The van der Waals surface area contributed by atoms with Gasteiger partial charge in [0.05, 0.1) is 6.61 Å². The molecule has 0 radical (unpaired) electrons. The van der Waals surface area contributed by atoms with Gasteiger partial charge < -0.3 is 4.74 Å². The molecule has 2 heteroatoms. The maximum Gasteiger partial charge on any atom is 0.123 e. The van der Waals surface area contributed by atoms with Crippen molar-refractivity contribution in [1.29, 1.82) is 0 Å². The minimum atomic E-state index is -0.177. The fraction of sp³-hybridized carbons (Fsp3) is 0.455. The van der Waals surface area contributed by atoms with Crippen LogP contribution in [-0.2, 0) is 11.3 Å². The van der Waals surface area contributed by atoms with Crippen LogP contribution in [-0.4, -0.2) is 7.11 Å². The number of halogens is 1. The second-order valence-electron chi connectivity index (χ2n) is 3.43. The van der Waals surface area contributed by atoms with Gasteiger partial charge >= 0.3 is 0 Å². The molecule has 0 spiro atoms. The summed E-state index contributed by atoms with van der Waals surface area (Å²) in [5, 5.41) is 0. The maximum atomic E-state index is 12.9. The number of benzene rings is 1. The molecule has 0 aromatic heterocycles. The summed E-state index contributed by atoms with van der Waals surface area (Å²) >= 11 is 0. The molecule has 0 atom stereocenters. The zero-order chi connectivity index (χ0) is 9.84. The standard InChI is InChI=1S/C11H15FO/c1-8(2)11-6-10(12)5-4-9(11)7-13-3/h4-6,8H,7H2,1-3H3. The molecule has 0 saturated heterocycles. The molecule has 1 aromatic carbocycles. The smallest absolute Gasteiger partial charge is 0.123 e. The van der Waals surface area contributed by atoms with Crippen LogP contribution < -0.4 is 0 Å². The molecule has 0 aliphatic rings. The van der Waals surface area contributed by atoms with Crippen molar-refractivity contribution in [3.63, 3.8) is 0 Å². The molecule has 0 N–H and O–H groups in total. The van der Waals surface area contributed by atoms with Gasteiger partial charge in [-0.15, -0.1) is 0 Å². The van der Waals surface area contributed by atoms with Gasteiger partial charge in [0.15, 0.2) is 0 Å². The molecule has 72 valence electrons. The summed E-state index contributed by atoms with van der Waals surface area (Å²) in [7, 11) is 1.65. The van der Waals surface area contributed by atoms with Crippen molar-refractivity contribution < 1.29 is 9.13 Å². The lowest BCUT2D eigenvalue weighted by Crippen LogP contribution is -1.98. The molecular weight excluding hydrogens is 167 g/mol. The quantitative estimate of drug-likeness (QED) is 0.698. The van der Waals surface area contributed by atoms with E-state index in [4.69, 9.17) is 4.74 Å². The summed E-state index contributed by atoms with van der Waals surface area (Å²) in [4.78, 5) is 0. The van der Waals surface area contributed by atoms with Crippen LogP contribution in [0.3, 0.4) is 0 Å². The largest absolute Gasteiger partial charge is 0.380 e. The Labute approximate surface area is 78.5 Å². The maximum absolute atomic E-state index is 12.9. The van der Waals surface area contributed by atoms with Crippen LogP contribution in [0.4, 0.5) is 4.39 Å². The minimum Gasteiger partial charge on any atom is -0.380 e. The highest BCUT2D eigenvalue weighted by molar-refractivity contribution is 5.29. The topological polar surface area (TPSA) is 9.23 Å². The third-order valence-corrected chi connectivity index (χ3v) is 2.03. The van der Waals surface area contributed by atoms with Crippen LogP contribution in [0.1, 0.15) is 30.9 Å². The number of hydrogen-bond acceptors (Lipinski definition) is 1. The highest BCUT2D eigenvalue weighted by atomic mass is 19.1. The normalized spacial score (nSPS) is 10.8. The zero-order valence-electron chi connectivity index (χ0n) is 8.30. The van der Waals surface area contributed by atoms with Crippen LogP contribution in [0.2, 0.25) is 0 Å². The van der Waals surface area contributed by atoms with E-state index in [0.29, 0.717) is 12.5 Å². The fourth-order valence-electron chi connectivity index (χ4n) is 1.39. The van der Waals surface area contributed by atoms with Gasteiger partial charge in [-0.05, 0) is 29.2 Å². The SMILES string of the molecule is COCc1ccc(F)cc1C(C)C. The van der Waals surface area contributed by atoms with E-state index in [9.17, 15) is 4.39 Å². The molecule has 0 saturated carbocycles. The van der Waals surface area contributed by atoms with E-state index in [2.05, 4.69) is 0 Å². The molecule has 1 aromatic rings. The van der Waals surface area contributed by atoms with Crippen LogP contribution in [0, 0.1) is 5.82 Å². The predicted octanol–water partition coefficient (Wildman–Crippen LogP) is 3.10. The van der Waals surface area contributed by atoms with Gasteiger partial charge in [0.1, 0.15) is 5.82 Å². The molecule has 0 amide bonds. The summed E-state index contributed by atoms with van der Waals surface area (Å²) in [6.45, 7) is 4.65. The summed E-state index contributed by atoms with van der Waals surface area (Å²) in [6, 6.07) is 4.84. The fourth-order valence-corrected chi connectivity index (χ4v) is 1.39. The number of rotatable bonds is 3. The second-order valence-corrected chi connectivity index (χ2v) is 3.43. The van der Waals surface area contributed by atoms with Gasteiger partial charge in [0.25, 0.3) is 0 Å². The van der Waals surface area contributed by atoms with E-state index in [0.717, 1.165) is 11.1 Å². The van der Waals surface area contributed by atoms with Crippen molar-refractivity contribution in [2.75, 3.05) is 7.11 Å². The Hall–Kier alpha value is -0.890. The number of ether oxygens (including phenoxy) is 1. The summed E-state index contributed by atoms with van der Waals surface area (Å²) < 4.78 is 17.9. The van der Waals surface area contributed by atoms with Crippen LogP contribution in [0.25, 0.3) is 0 Å². The molecule has 0 unspecified atom stereocenters. The van der Waals surface area contributed by atoms with Crippen molar-refractivity contribution in [2.45, 2.75) is 26.4 Å². The lowest BCUT2D eigenvalue weighted by Gasteiger charge is -2.11. The van der Waals surface area contributed by atoms with Gasteiger partial charge in [0.2, 0.25) is 0 Å². The van der Waals surface area contributed by atoms with Gasteiger partial charge in [-0.1, -0.05) is 19.9 Å². The van der Waals surface area contributed by atoms with Gasteiger partial charge in [-0.3, -0.25) is 0 Å². The Balaban J connectivity index is 3.03. The minimum absolute atomic E-state index is 0.177. The van der Waals surface area contributed by atoms with E-state index < -0.39 is 0 Å². The molecule has 1 rings (SSSR count). The molecule has 1 nitrogen and oxygen atoms in total. The van der Waals surface area contributed by atoms with E-state index >= 15 is 0 Å². The van der Waals surface area contributed by atoms with Crippen LogP contribution in [0.5, 0.6) is 0 Å². The molecule has 0 aliphatic carbocycles. The molecule has 13 heavy (non-hydrogen) atoms. The Bertz CT molecular complexity index is 281. The van der Waals surface area contributed by atoms with Crippen molar-refractivity contribution in [1.82, 2.24) is 0 Å². The number of methoxy groups -OCH3 is 1. The second kappa shape index (κ2) is 4.38. The average molecular weight is 182 g/mol. The third-order valence-electron chi connectivity index (χ3n) is 2.03. The Morgan fingerprint density at radius 2 is 2.08 bits per heavy atom.